The highest BCUT2D eigenvalue weighted by Gasteiger charge is 2.26. The van der Waals surface area contributed by atoms with Crippen molar-refractivity contribution in [3.8, 4) is 0 Å². The van der Waals surface area contributed by atoms with Crippen LogP contribution in [0.1, 0.15) is 24.5 Å². The topological polar surface area (TPSA) is 46.3 Å². The smallest absolute Gasteiger partial charge is 0.319 e. The maximum atomic E-state index is 12.1. The van der Waals surface area contributed by atoms with E-state index in [2.05, 4.69) is 31.2 Å². The molecule has 0 aromatic heterocycles. The lowest BCUT2D eigenvalue weighted by atomic mass is 10.1. The largest absolute Gasteiger partial charge is 0.351 e. The molecular formula is C27H32Cl2N3O+. The number of quaternary nitrogens is 1. The van der Waals surface area contributed by atoms with Crippen LogP contribution in [0, 0.1) is 0 Å². The average Bonchev–Trinajstić information content (AvgIpc) is 2.83. The molecule has 3 rings (SSSR count). The Morgan fingerprint density at radius 2 is 1.42 bits per heavy atom. The zero-order valence-electron chi connectivity index (χ0n) is 19.1. The highest BCUT2D eigenvalue weighted by molar-refractivity contribution is 6.30. The van der Waals surface area contributed by atoms with Crippen LogP contribution in [0.2, 0.25) is 10.0 Å². The summed E-state index contributed by atoms with van der Waals surface area (Å²) in [7, 11) is 0. The second-order valence-electron chi connectivity index (χ2n) is 8.45. The predicted molar refractivity (Wildman–Crippen MR) is 139 cm³/mol. The van der Waals surface area contributed by atoms with E-state index in [1.807, 2.05) is 54.6 Å². The average molecular weight is 485 g/mol. The molecule has 6 heteroatoms. The molecular weight excluding hydrogens is 453 g/mol. The summed E-state index contributed by atoms with van der Waals surface area (Å²) in [5.41, 5.74) is 9.06. The first-order valence-electron chi connectivity index (χ1n) is 11.4. The number of nitrogens with two attached hydrogens (primary N) is 1. The fourth-order valence-electron chi connectivity index (χ4n) is 4.23. The highest BCUT2D eigenvalue weighted by atomic mass is 35.5. The Balaban J connectivity index is 1.74. The number of amides is 2. The molecule has 0 aliphatic heterocycles. The van der Waals surface area contributed by atoms with E-state index in [1.165, 1.54) is 11.1 Å². The van der Waals surface area contributed by atoms with Gasteiger partial charge in [0.2, 0.25) is 0 Å². The zero-order chi connectivity index (χ0) is 23.7. The molecule has 1 unspecified atom stereocenters. The molecule has 3 aromatic carbocycles. The molecule has 0 heterocycles. The van der Waals surface area contributed by atoms with Crippen LogP contribution < -0.4 is 10.6 Å². The molecule has 2 N–H and O–H groups in total. The van der Waals surface area contributed by atoms with E-state index in [4.69, 9.17) is 28.9 Å². The molecule has 2 amide bonds. The third kappa shape index (κ3) is 7.50. The van der Waals surface area contributed by atoms with Gasteiger partial charge in [0.25, 0.3) is 0 Å². The normalized spacial score (nSPS) is 12.8. The van der Waals surface area contributed by atoms with Crippen molar-refractivity contribution >= 4 is 34.9 Å². The van der Waals surface area contributed by atoms with Crippen molar-refractivity contribution in [3.63, 3.8) is 0 Å². The molecule has 0 radical (unpaired) electrons. The Morgan fingerprint density at radius 1 is 0.848 bits per heavy atom. The van der Waals surface area contributed by atoms with E-state index in [1.54, 1.807) is 4.90 Å². The van der Waals surface area contributed by atoms with E-state index < -0.39 is 6.03 Å². The number of urea groups is 1. The zero-order valence-corrected chi connectivity index (χ0v) is 20.6. The fraction of sp³-hybridized carbons (Fsp3) is 0.296. The molecule has 0 aliphatic rings. The monoisotopic (exact) mass is 484 g/mol. The Bertz CT molecular complexity index is 1010. The molecule has 0 spiro atoms. The summed E-state index contributed by atoms with van der Waals surface area (Å²) in [6.45, 7) is 6.63. The SMILES string of the molecule is CC[N+](CCCN(C(N)=O)c1ccccc1)(CCc1ccc(Cl)cc1)Cc1ccc(Cl)cc1. The molecule has 0 bridgehead atoms. The van der Waals surface area contributed by atoms with Gasteiger partial charge in [0.1, 0.15) is 6.54 Å². The van der Waals surface area contributed by atoms with E-state index >= 15 is 0 Å². The number of rotatable bonds is 11. The first-order chi connectivity index (χ1) is 15.9. The first-order valence-corrected chi connectivity index (χ1v) is 12.1. The van der Waals surface area contributed by atoms with Crippen LogP contribution in [0.15, 0.2) is 78.9 Å². The van der Waals surface area contributed by atoms with Crippen LogP contribution in [-0.2, 0) is 13.0 Å². The first kappa shape index (κ1) is 25.1. The minimum Gasteiger partial charge on any atom is -0.351 e. The van der Waals surface area contributed by atoms with Gasteiger partial charge >= 0.3 is 6.03 Å². The van der Waals surface area contributed by atoms with Crippen LogP contribution in [0.4, 0.5) is 10.5 Å². The lowest BCUT2D eigenvalue weighted by Crippen LogP contribution is -2.50. The third-order valence-corrected chi connectivity index (χ3v) is 6.74. The van der Waals surface area contributed by atoms with Crippen molar-refractivity contribution in [1.29, 1.82) is 0 Å². The van der Waals surface area contributed by atoms with E-state index in [-0.39, 0.29) is 0 Å². The van der Waals surface area contributed by atoms with Crippen LogP contribution >= 0.6 is 23.2 Å². The molecule has 0 saturated heterocycles. The van der Waals surface area contributed by atoms with Gasteiger partial charge < -0.3 is 10.2 Å². The molecule has 1 atom stereocenters. The number of para-hydroxylation sites is 1. The number of benzene rings is 3. The van der Waals surface area contributed by atoms with Gasteiger partial charge in [0, 0.05) is 40.7 Å². The standard InChI is InChI=1S/C27H31Cl2N3O/c1-2-32(21-23-11-15-25(29)16-12-23,20-17-22-9-13-24(28)14-10-22)19-6-18-31(27(30)33)26-7-4-3-5-8-26/h3-5,7-16H,2,6,17-21H2,1H3,(H-,30,33)/p+1. The van der Waals surface area contributed by atoms with E-state index in [9.17, 15) is 4.79 Å². The van der Waals surface area contributed by atoms with Gasteiger partial charge in [-0.05, 0) is 48.9 Å². The van der Waals surface area contributed by atoms with E-state index in [0.717, 1.165) is 59.2 Å². The van der Waals surface area contributed by atoms with Crippen LogP contribution in [0.25, 0.3) is 0 Å². The summed E-state index contributed by atoms with van der Waals surface area (Å²) < 4.78 is 0.908. The summed E-state index contributed by atoms with van der Waals surface area (Å²) in [4.78, 5) is 13.8. The predicted octanol–water partition coefficient (Wildman–Crippen LogP) is 6.55. The van der Waals surface area contributed by atoms with Gasteiger partial charge in [0.05, 0.1) is 19.6 Å². The summed E-state index contributed by atoms with van der Waals surface area (Å²) in [6.07, 6.45) is 1.80. The van der Waals surface area contributed by atoms with Crippen molar-refractivity contribution in [2.75, 3.05) is 31.1 Å². The number of hydrogen-bond donors (Lipinski definition) is 1. The summed E-state index contributed by atoms with van der Waals surface area (Å²) in [5, 5.41) is 1.50. The number of nitrogens with zero attached hydrogens (tertiary/aromatic N) is 2. The van der Waals surface area contributed by atoms with Crippen molar-refractivity contribution in [2.24, 2.45) is 5.73 Å². The molecule has 0 aliphatic carbocycles. The van der Waals surface area contributed by atoms with Gasteiger partial charge in [0.15, 0.2) is 0 Å². The number of carbonyl (C=O) groups is 1. The molecule has 0 saturated carbocycles. The van der Waals surface area contributed by atoms with Crippen molar-refractivity contribution < 1.29 is 9.28 Å². The van der Waals surface area contributed by atoms with Gasteiger partial charge in [-0.1, -0.05) is 65.7 Å². The number of anilines is 1. The van der Waals surface area contributed by atoms with Gasteiger partial charge in [-0.2, -0.15) is 0 Å². The Labute approximate surface area is 207 Å². The minimum atomic E-state index is -0.422. The van der Waals surface area contributed by atoms with Gasteiger partial charge in [-0.15, -0.1) is 0 Å². The fourth-order valence-corrected chi connectivity index (χ4v) is 4.48. The lowest BCUT2D eigenvalue weighted by Gasteiger charge is -2.39. The Kier molecular flexibility index (Phi) is 9.19. The van der Waals surface area contributed by atoms with Crippen molar-refractivity contribution in [2.45, 2.75) is 26.3 Å². The number of carbonyl (C=O) groups excluding carboxylic acids is 1. The number of likely N-dealkylation sites (N-methyl/N-ethyl adjacent to an activating group) is 1. The maximum Gasteiger partial charge on any atom is 0.319 e. The number of primary amides is 1. The quantitative estimate of drug-likeness (QED) is 0.308. The number of halogens is 2. The third-order valence-electron chi connectivity index (χ3n) is 6.24. The van der Waals surface area contributed by atoms with Gasteiger partial charge in [-0.3, -0.25) is 4.90 Å². The summed E-state index contributed by atoms with van der Waals surface area (Å²) in [6, 6.07) is 25.4. The van der Waals surface area contributed by atoms with Crippen LogP contribution in [0.3, 0.4) is 0 Å². The van der Waals surface area contributed by atoms with Crippen LogP contribution in [-0.4, -0.2) is 36.7 Å². The molecule has 3 aromatic rings. The Hall–Kier alpha value is -2.53. The molecule has 174 valence electrons. The van der Waals surface area contributed by atoms with Crippen LogP contribution in [0.5, 0.6) is 0 Å². The van der Waals surface area contributed by atoms with Crippen molar-refractivity contribution in [3.05, 3.63) is 100 Å². The van der Waals surface area contributed by atoms with Crippen molar-refractivity contribution in [1.82, 2.24) is 0 Å². The lowest BCUT2D eigenvalue weighted by molar-refractivity contribution is -0.939. The maximum absolute atomic E-state index is 12.1. The summed E-state index contributed by atoms with van der Waals surface area (Å²) in [5.74, 6) is 0. The molecule has 4 nitrogen and oxygen atoms in total. The van der Waals surface area contributed by atoms with E-state index in [0.29, 0.717) is 6.54 Å². The molecule has 33 heavy (non-hydrogen) atoms. The molecule has 0 fully saturated rings. The second kappa shape index (κ2) is 12.1. The number of hydrogen-bond acceptors (Lipinski definition) is 1. The Morgan fingerprint density at radius 3 is 1.97 bits per heavy atom. The second-order valence-corrected chi connectivity index (χ2v) is 9.32. The minimum absolute atomic E-state index is 0.422. The highest BCUT2D eigenvalue weighted by Crippen LogP contribution is 2.21. The summed E-state index contributed by atoms with van der Waals surface area (Å²) >= 11 is 12.2. The van der Waals surface area contributed by atoms with Gasteiger partial charge in [-0.25, -0.2) is 4.79 Å².